The molecule has 1 fully saturated rings. The first-order valence-electron chi connectivity index (χ1n) is 9.62. The third kappa shape index (κ3) is 4.35. The number of hydrogen-bond donors (Lipinski definition) is 1. The number of piperidine rings is 1. The zero-order valence-corrected chi connectivity index (χ0v) is 16.6. The van der Waals surface area contributed by atoms with Gasteiger partial charge in [-0.15, -0.1) is 0 Å². The smallest absolute Gasteiger partial charge is 0.289 e. The highest BCUT2D eigenvalue weighted by molar-refractivity contribution is 6.33. The molecule has 1 saturated heterocycles. The minimum absolute atomic E-state index is 0.0649. The van der Waals surface area contributed by atoms with Gasteiger partial charge in [0.15, 0.2) is 5.76 Å². The second kappa shape index (κ2) is 8.53. The summed E-state index contributed by atoms with van der Waals surface area (Å²) >= 11 is 6.22. The van der Waals surface area contributed by atoms with Gasteiger partial charge >= 0.3 is 0 Å². The minimum atomic E-state index is -0.245. The fourth-order valence-corrected chi connectivity index (χ4v) is 3.78. The SMILES string of the molecule is O=C(Nc1ccccc1)[C@H]1CCCN(C(=O)c2ccc(-c3ccccc3Cl)o2)C1. The molecule has 5 nitrogen and oxygen atoms in total. The van der Waals surface area contributed by atoms with Crippen molar-refractivity contribution in [3.05, 3.63) is 77.5 Å². The van der Waals surface area contributed by atoms with Crippen LogP contribution in [0, 0.1) is 5.92 Å². The van der Waals surface area contributed by atoms with Crippen LogP contribution in [0.2, 0.25) is 5.02 Å². The quantitative estimate of drug-likeness (QED) is 0.653. The molecule has 2 heterocycles. The van der Waals surface area contributed by atoms with Crippen molar-refractivity contribution in [2.45, 2.75) is 12.8 Å². The molecule has 0 bridgehead atoms. The number of benzene rings is 2. The Morgan fingerprint density at radius 3 is 2.55 bits per heavy atom. The zero-order valence-electron chi connectivity index (χ0n) is 15.8. The Morgan fingerprint density at radius 2 is 1.76 bits per heavy atom. The highest BCUT2D eigenvalue weighted by Crippen LogP contribution is 2.30. The van der Waals surface area contributed by atoms with Gasteiger partial charge in [-0.3, -0.25) is 9.59 Å². The van der Waals surface area contributed by atoms with Crippen LogP contribution >= 0.6 is 11.6 Å². The monoisotopic (exact) mass is 408 g/mol. The Bertz CT molecular complexity index is 1020. The highest BCUT2D eigenvalue weighted by Gasteiger charge is 2.30. The second-order valence-electron chi connectivity index (χ2n) is 7.09. The van der Waals surface area contributed by atoms with Gasteiger partial charge in [0.05, 0.1) is 10.9 Å². The lowest BCUT2D eigenvalue weighted by Crippen LogP contribution is -2.43. The van der Waals surface area contributed by atoms with Gasteiger partial charge in [0.1, 0.15) is 5.76 Å². The molecule has 0 aliphatic carbocycles. The number of furan rings is 1. The fraction of sp³-hybridized carbons (Fsp3) is 0.217. The van der Waals surface area contributed by atoms with Crippen molar-refractivity contribution in [2.24, 2.45) is 5.92 Å². The summed E-state index contributed by atoms with van der Waals surface area (Å²) in [7, 11) is 0. The fourth-order valence-electron chi connectivity index (χ4n) is 3.56. The van der Waals surface area contributed by atoms with Crippen molar-refractivity contribution in [1.29, 1.82) is 0 Å². The lowest BCUT2D eigenvalue weighted by atomic mass is 9.96. The summed E-state index contributed by atoms with van der Waals surface area (Å²) in [5, 5.41) is 3.49. The van der Waals surface area contributed by atoms with E-state index < -0.39 is 0 Å². The summed E-state index contributed by atoms with van der Waals surface area (Å²) in [5.74, 6) is 0.287. The van der Waals surface area contributed by atoms with E-state index in [-0.39, 0.29) is 23.5 Å². The van der Waals surface area contributed by atoms with Crippen LogP contribution in [0.5, 0.6) is 0 Å². The molecular formula is C23H21ClN2O3. The molecule has 1 aliphatic rings. The number of hydrogen-bond acceptors (Lipinski definition) is 3. The van der Waals surface area contributed by atoms with Gasteiger partial charge in [0.2, 0.25) is 5.91 Å². The first-order chi connectivity index (χ1) is 14.1. The molecule has 1 aliphatic heterocycles. The van der Waals surface area contributed by atoms with E-state index in [1.807, 2.05) is 48.5 Å². The number of para-hydroxylation sites is 1. The van der Waals surface area contributed by atoms with Crippen LogP contribution in [0.15, 0.2) is 71.1 Å². The number of carbonyl (C=O) groups excluding carboxylic acids is 2. The van der Waals surface area contributed by atoms with Crippen LogP contribution in [-0.4, -0.2) is 29.8 Å². The van der Waals surface area contributed by atoms with E-state index in [2.05, 4.69) is 5.32 Å². The summed E-state index contributed by atoms with van der Waals surface area (Å²) in [6.07, 6.45) is 1.53. The van der Waals surface area contributed by atoms with Crippen molar-refractivity contribution in [2.75, 3.05) is 18.4 Å². The van der Waals surface area contributed by atoms with Gasteiger partial charge < -0.3 is 14.6 Å². The lowest BCUT2D eigenvalue weighted by molar-refractivity contribution is -0.121. The Balaban J connectivity index is 1.44. The number of rotatable bonds is 4. The van der Waals surface area contributed by atoms with Crippen LogP contribution in [0.3, 0.4) is 0 Å². The molecule has 6 heteroatoms. The van der Waals surface area contributed by atoms with Crippen molar-refractivity contribution in [3.63, 3.8) is 0 Å². The average Bonchev–Trinajstić information content (AvgIpc) is 3.24. The predicted molar refractivity (Wildman–Crippen MR) is 113 cm³/mol. The van der Waals surface area contributed by atoms with Gasteiger partial charge in [-0.1, -0.05) is 41.9 Å². The molecule has 3 aromatic rings. The number of carbonyl (C=O) groups is 2. The molecule has 4 rings (SSSR count). The minimum Gasteiger partial charge on any atom is -0.451 e. The number of amides is 2. The first kappa shape index (κ1) is 19.3. The molecule has 2 aromatic carbocycles. The molecular weight excluding hydrogens is 388 g/mol. The number of halogens is 1. The van der Waals surface area contributed by atoms with E-state index in [9.17, 15) is 9.59 Å². The number of nitrogens with one attached hydrogen (secondary N) is 1. The van der Waals surface area contributed by atoms with Crippen molar-refractivity contribution in [3.8, 4) is 11.3 Å². The summed E-state index contributed by atoms with van der Waals surface area (Å²) in [5.41, 5.74) is 1.50. The Hall–Kier alpha value is -3.05. The first-order valence-corrected chi connectivity index (χ1v) is 9.99. The normalized spacial score (nSPS) is 16.4. The maximum absolute atomic E-state index is 12.9. The number of anilines is 1. The molecule has 0 unspecified atom stereocenters. The van der Waals surface area contributed by atoms with E-state index in [0.29, 0.717) is 23.9 Å². The van der Waals surface area contributed by atoms with Crippen molar-refractivity contribution in [1.82, 2.24) is 4.90 Å². The van der Waals surface area contributed by atoms with E-state index in [1.54, 1.807) is 23.1 Å². The van der Waals surface area contributed by atoms with Crippen LogP contribution < -0.4 is 5.32 Å². The van der Waals surface area contributed by atoms with E-state index in [1.165, 1.54) is 0 Å². The summed E-state index contributed by atoms with van der Waals surface area (Å²) in [4.78, 5) is 27.2. The maximum Gasteiger partial charge on any atom is 0.289 e. The molecule has 1 N–H and O–H groups in total. The second-order valence-corrected chi connectivity index (χ2v) is 7.50. The molecule has 1 aromatic heterocycles. The van der Waals surface area contributed by atoms with E-state index in [0.717, 1.165) is 24.1 Å². The van der Waals surface area contributed by atoms with Gasteiger partial charge in [-0.2, -0.15) is 0 Å². The van der Waals surface area contributed by atoms with Crippen LogP contribution in [-0.2, 0) is 4.79 Å². The van der Waals surface area contributed by atoms with Gasteiger partial charge in [-0.05, 0) is 49.2 Å². The molecule has 0 spiro atoms. The standard InChI is InChI=1S/C23H21ClN2O3/c24-19-11-5-4-10-18(19)20-12-13-21(29-20)23(28)26-14-6-7-16(15-26)22(27)25-17-8-2-1-3-9-17/h1-5,8-13,16H,6-7,14-15H2,(H,25,27)/t16-/m0/s1. The predicted octanol–water partition coefficient (Wildman–Crippen LogP) is 5.09. The van der Waals surface area contributed by atoms with Crippen molar-refractivity contribution >= 4 is 29.1 Å². The van der Waals surface area contributed by atoms with E-state index >= 15 is 0 Å². The largest absolute Gasteiger partial charge is 0.451 e. The highest BCUT2D eigenvalue weighted by atomic mass is 35.5. The lowest BCUT2D eigenvalue weighted by Gasteiger charge is -2.31. The van der Waals surface area contributed by atoms with E-state index in [4.69, 9.17) is 16.0 Å². The maximum atomic E-state index is 12.9. The Labute approximate surface area is 174 Å². The molecule has 1 atom stereocenters. The average molecular weight is 409 g/mol. The topological polar surface area (TPSA) is 62.6 Å². The summed E-state index contributed by atoms with van der Waals surface area (Å²) < 4.78 is 5.78. The molecule has 29 heavy (non-hydrogen) atoms. The van der Waals surface area contributed by atoms with Gasteiger partial charge in [0.25, 0.3) is 5.91 Å². The van der Waals surface area contributed by atoms with Crippen LogP contribution in [0.1, 0.15) is 23.4 Å². The zero-order chi connectivity index (χ0) is 20.2. The van der Waals surface area contributed by atoms with Gasteiger partial charge in [-0.25, -0.2) is 0 Å². The molecule has 0 saturated carbocycles. The Morgan fingerprint density at radius 1 is 1.00 bits per heavy atom. The molecule has 148 valence electrons. The van der Waals surface area contributed by atoms with Crippen LogP contribution in [0.25, 0.3) is 11.3 Å². The Kier molecular flexibility index (Phi) is 5.67. The summed E-state index contributed by atoms with van der Waals surface area (Å²) in [6, 6.07) is 20.1. The molecule has 0 radical (unpaired) electrons. The third-order valence-electron chi connectivity index (χ3n) is 5.08. The third-order valence-corrected chi connectivity index (χ3v) is 5.41. The molecule has 2 amide bonds. The van der Waals surface area contributed by atoms with Gasteiger partial charge in [0, 0.05) is 24.3 Å². The number of likely N-dealkylation sites (tertiary alicyclic amines) is 1. The number of nitrogens with zero attached hydrogens (tertiary/aromatic N) is 1. The summed E-state index contributed by atoms with van der Waals surface area (Å²) in [6.45, 7) is 0.982. The van der Waals surface area contributed by atoms with Crippen LogP contribution in [0.4, 0.5) is 5.69 Å². The van der Waals surface area contributed by atoms with Crippen molar-refractivity contribution < 1.29 is 14.0 Å².